The standard InChI is InChI=1S/C3H12ISi/c1-4(2,3)5/h1-3,5H3/q-1. The average molecular weight is 203 g/mol. The number of hydrogen-bond acceptors (Lipinski definition) is 0. The molecule has 0 saturated heterocycles. The molecule has 0 aromatic carbocycles. The Morgan fingerprint density at radius 1 is 1.20 bits per heavy atom. The van der Waals surface area contributed by atoms with Gasteiger partial charge in [-0.15, -0.1) is 0 Å². The summed E-state index contributed by atoms with van der Waals surface area (Å²) < 4.78 is 0. The summed E-state index contributed by atoms with van der Waals surface area (Å²) in [6.07, 6.45) is 0. The SMILES string of the molecule is C[I-](C)(C)[SiH3]. The van der Waals surface area contributed by atoms with Crippen molar-refractivity contribution in [1.82, 2.24) is 0 Å². The van der Waals surface area contributed by atoms with Crippen molar-refractivity contribution in [1.29, 1.82) is 0 Å². The summed E-state index contributed by atoms with van der Waals surface area (Å²) in [6, 6.07) is 0. The Bertz CT molecular complexity index is 22.4. The van der Waals surface area contributed by atoms with E-state index in [2.05, 4.69) is 14.8 Å². The summed E-state index contributed by atoms with van der Waals surface area (Å²) in [5.74, 6) is 0. The normalized spacial score (nSPS) is 15.8. The Morgan fingerprint density at radius 2 is 1.20 bits per heavy atom. The van der Waals surface area contributed by atoms with Crippen molar-refractivity contribution in [3.63, 3.8) is 0 Å². The molecule has 0 aromatic heterocycles. The summed E-state index contributed by atoms with van der Waals surface area (Å²) in [6.45, 7) is 0. The first-order valence-electron chi connectivity index (χ1n) is 1.51. The predicted octanol–water partition coefficient (Wildman–Crippen LogP) is -3.68. The number of rotatable bonds is 0. The molecule has 0 bridgehead atoms. The number of alkyl halides is 3. The van der Waals surface area contributed by atoms with Crippen LogP contribution in [0.4, 0.5) is 0 Å². The first-order chi connectivity index (χ1) is 2.00. The zero-order chi connectivity index (χ0) is 4.50. The second kappa shape index (κ2) is 1.60. The third kappa shape index (κ3) is 47.9. The van der Waals surface area contributed by atoms with Crippen LogP contribution >= 0.6 is 0 Å². The van der Waals surface area contributed by atoms with Gasteiger partial charge in [-0.1, -0.05) is 0 Å². The van der Waals surface area contributed by atoms with Crippen molar-refractivity contribution in [2.45, 2.75) is 0 Å². The van der Waals surface area contributed by atoms with Crippen LogP contribution in [0.1, 0.15) is 0 Å². The molecule has 0 aromatic rings. The molecule has 0 unspecified atom stereocenters. The second-order valence-electron chi connectivity index (χ2n) is 2.27. The van der Waals surface area contributed by atoms with Crippen molar-refractivity contribution in [2.75, 3.05) is 14.8 Å². The third-order valence-electron chi connectivity index (χ3n) is 0. The molecular weight excluding hydrogens is 191 g/mol. The summed E-state index contributed by atoms with van der Waals surface area (Å²) >= 11 is -0.801. The van der Waals surface area contributed by atoms with Gasteiger partial charge in [0.1, 0.15) is 0 Å². The van der Waals surface area contributed by atoms with Gasteiger partial charge in [-0.3, -0.25) is 0 Å². The summed E-state index contributed by atoms with van der Waals surface area (Å²) in [7, 11) is 1.49. The van der Waals surface area contributed by atoms with Crippen LogP contribution in [-0.4, -0.2) is 22.5 Å². The van der Waals surface area contributed by atoms with E-state index >= 15 is 0 Å². The van der Waals surface area contributed by atoms with Gasteiger partial charge in [0.25, 0.3) is 0 Å². The van der Waals surface area contributed by atoms with Crippen LogP contribution in [0.3, 0.4) is 0 Å². The molecule has 0 saturated carbocycles. The molecule has 0 rings (SSSR count). The van der Waals surface area contributed by atoms with Gasteiger partial charge in [0, 0.05) is 0 Å². The van der Waals surface area contributed by atoms with Gasteiger partial charge in [0.2, 0.25) is 0 Å². The minimum absolute atomic E-state index is 0.801. The van der Waals surface area contributed by atoms with E-state index in [1.807, 2.05) is 0 Å². The van der Waals surface area contributed by atoms with E-state index in [1.54, 1.807) is 0 Å². The van der Waals surface area contributed by atoms with E-state index in [0.29, 0.717) is 0 Å². The van der Waals surface area contributed by atoms with Gasteiger partial charge in [-0.2, -0.15) is 0 Å². The zero-order valence-corrected chi connectivity index (χ0v) is 8.54. The molecule has 0 spiro atoms. The molecule has 0 heterocycles. The Balaban J connectivity index is 3.02. The van der Waals surface area contributed by atoms with Crippen LogP contribution in [0.25, 0.3) is 0 Å². The Morgan fingerprint density at radius 3 is 1.20 bits per heavy atom. The maximum absolute atomic E-state index is 2.43. The van der Waals surface area contributed by atoms with Crippen LogP contribution in [-0.2, 0) is 0 Å². The quantitative estimate of drug-likeness (QED) is 0.165. The molecule has 0 N–H and O–H groups in total. The van der Waals surface area contributed by atoms with E-state index in [0.717, 1.165) is 0 Å². The van der Waals surface area contributed by atoms with Gasteiger partial charge in [0.15, 0.2) is 0 Å². The van der Waals surface area contributed by atoms with Gasteiger partial charge in [-0.25, -0.2) is 0 Å². The molecule has 0 aliphatic rings. The molecule has 0 atom stereocenters. The first-order valence-corrected chi connectivity index (χ1v) is 15.2. The van der Waals surface area contributed by atoms with E-state index in [9.17, 15) is 0 Å². The van der Waals surface area contributed by atoms with Crippen LogP contribution in [0.5, 0.6) is 0 Å². The Labute approximate surface area is 40.3 Å². The van der Waals surface area contributed by atoms with Crippen LogP contribution in [0.2, 0.25) is 0 Å². The Kier molecular flexibility index (Phi) is 1.90. The molecular formula is C3H12ISi-. The molecule has 0 radical (unpaired) electrons. The summed E-state index contributed by atoms with van der Waals surface area (Å²) in [5, 5.41) is 0. The van der Waals surface area contributed by atoms with E-state index in [4.69, 9.17) is 0 Å². The summed E-state index contributed by atoms with van der Waals surface area (Å²) in [5.41, 5.74) is 0. The molecule has 36 valence electrons. The molecule has 0 aliphatic carbocycles. The van der Waals surface area contributed by atoms with Crippen LogP contribution in [0.15, 0.2) is 0 Å². The molecule has 0 fully saturated rings. The minimum atomic E-state index is -0.801. The van der Waals surface area contributed by atoms with Gasteiger partial charge in [0.05, 0.1) is 0 Å². The molecule has 2 heteroatoms. The molecule has 0 amide bonds. The fourth-order valence-electron chi connectivity index (χ4n) is 0. The van der Waals surface area contributed by atoms with Crippen LogP contribution in [0, 0.1) is 0 Å². The Hall–Kier alpha value is 0.947. The maximum atomic E-state index is 2.43. The third-order valence-corrected chi connectivity index (χ3v) is 0. The molecule has 0 aliphatic heterocycles. The zero-order valence-electron chi connectivity index (χ0n) is 4.38. The van der Waals surface area contributed by atoms with Crippen molar-refractivity contribution >= 4 is 7.74 Å². The van der Waals surface area contributed by atoms with Crippen molar-refractivity contribution in [3.8, 4) is 0 Å². The van der Waals surface area contributed by atoms with Gasteiger partial charge >= 0.3 is 40.2 Å². The predicted molar refractivity (Wildman–Crippen MR) is 27.7 cm³/mol. The number of hydrogen-bond donors (Lipinski definition) is 0. The van der Waals surface area contributed by atoms with E-state index in [1.165, 1.54) is 7.74 Å². The van der Waals surface area contributed by atoms with Gasteiger partial charge < -0.3 is 0 Å². The molecule has 0 nitrogen and oxygen atoms in total. The van der Waals surface area contributed by atoms with Gasteiger partial charge in [-0.05, 0) is 0 Å². The topological polar surface area (TPSA) is 0 Å². The fourth-order valence-corrected chi connectivity index (χ4v) is 0. The van der Waals surface area contributed by atoms with E-state index < -0.39 is 17.6 Å². The molecule has 5 heavy (non-hydrogen) atoms. The average Bonchev–Trinajstić information content (AvgIpc) is 0.722. The van der Waals surface area contributed by atoms with Crippen molar-refractivity contribution in [3.05, 3.63) is 0 Å². The number of halogens is 1. The first kappa shape index (κ1) is 5.95. The van der Waals surface area contributed by atoms with E-state index in [-0.39, 0.29) is 0 Å². The van der Waals surface area contributed by atoms with Crippen molar-refractivity contribution < 1.29 is 17.6 Å². The second-order valence-corrected chi connectivity index (χ2v) is 30.4. The van der Waals surface area contributed by atoms with Crippen molar-refractivity contribution in [2.24, 2.45) is 0 Å². The van der Waals surface area contributed by atoms with Crippen LogP contribution < -0.4 is 17.6 Å². The fraction of sp³-hybridized carbons (Fsp3) is 1.00. The monoisotopic (exact) mass is 203 g/mol. The summed E-state index contributed by atoms with van der Waals surface area (Å²) in [4.78, 5) is 7.29.